The minimum atomic E-state index is -0.630. The molecule has 1 heterocycles. The molecule has 0 amide bonds. The van der Waals surface area contributed by atoms with E-state index in [1.807, 2.05) is 42.5 Å². The van der Waals surface area contributed by atoms with Crippen molar-refractivity contribution in [2.24, 2.45) is 5.73 Å². The molecule has 1 unspecified atom stereocenters. The summed E-state index contributed by atoms with van der Waals surface area (Å²) in [4.78, 5) is 25.3. The van der Waals surface area contributed by atoms with Crippen LogP contribution in [0.4, 0.5) is 0 Å². The van der Waals surface area contributed by atoms with Gasteiger partial charge in [0.15, 0.2) is 0 Å². The van der Waals surface area contributed by atoms with Gasteiger partial charge in [-0.2, -0.15) is 0 Å². The van der Waals surface area contributed by atoms with E-state index in [1.54, 1.807) is 33.8 Å². The molecule has 2 N–H and O–H groups in total. The lowest BCUT2D eigenvalue weighted by molar-refractivity contribution is -0.148. The Kier molecular flexibility index (Phi) is 6.45. The highest BCUT2D eigenvalue weighted by molar-refractivity contribution is 5.93. The largest absolute Gasteiger partial charge is 0.463 e. The van der Waals surface area contributed by atoms with Gasteiger partial charge in [0.05, 0.1) is 18.6 Å². The second kappa shape index (κ2) is 9.03. The van der Waals surface area contributed by atoms with Crippen LogP contribution in [0.3, 0.4) is 0 Å². The lowest BCUT2D eigenvalue weighted by Crippen LogP contribution is -2.29. The van der Waals surface area contributed by atoms with Crippen LogP contribution in [0, 0.1) is 0 Å². The molecule has 0 bridgehead atoms. The van der Waals surface area contributed by atoms with E-state index in [9.17, 15) is 9.59 Å². The van der Waals surface area contributed by atoms with Crippen LogP contribution in [0.2, 0.25) is 0 Å². The maximum absolute atomic E-state index is 12.8. The molecule has 1 atom stereocenters. The maximum Gasteiger partial charge on any atom is 0.340 e. The third kappa shape index (κ3) is 4.82. The fraction of sp³-hybridized carbons (Fsp3) is 0.333. The molecule has 0 spiro atoms. The van der Waals surface area contributed by atoms with E-state index in [4.69, 9.17) is 19.9 Å². The Balaban J connectivity index is 2.06. The van der Waals surface area contributed by atoms with Crippen molar-refractivity contribution in [1.29, 1.82) is 0 Å². The van der Waals surface area contributed by atoms with Crippen LogP contribution in [0.5, 0.6) is 5.75 Å². The lowest BCUT2D eigenvalue weighted by atomic mass is 9.84. The van der Waals surface area contributed by atoms with Crippen molar-refractivity contribution >= 4 is 11.9 Å². The quantitative estimate of drug-likeness (QED) is 0.716. The fourth-order valence-electron chi connectivity index (χ4n) is 3.43. The third-order valence-electron chi connectivity index (χ3n) is 4.63. The van der Waals surface area contributed by atoms with Crippen LogP contribution in [-0.4, -0.2) is 24.1 Å². The Hall–Kier alpha value is -3.28. The van der Waals surface area contributed by atoms with Gasteiger partial charge in [0.1, 0.15) is 11.3 Å². The summed E-state index contributed by atoms with van der Waals surface area (Å²) in [6.07, 6.45) is -0.645. The van der Waals surface area contributed by atoms with Gasteiger partial charge in [0, 0.05) is 11.5 Å². The number of nitrogens with two attached hydrogens (primary N) is 1. The molecule has 2 aromatic carbocycles. The number of ether oxygens (including phenoxy) is 3. The first kappa shape index (κ1) is 21.4. The number of benzene rings is 2. The SMILES string of the molecule is CC(C)OC(=O)CC1C(C(=O)OC(C)C)=C(N)Oc2ccc(-c3ccccc3)cc21. The molecule has 1 aliphatic heterocycles. The normalized spacial score (nSPS) is 15.6. The Morgan fingerprint density at radius 2 is 1.63 bits per heavy atom. The van der Waals surface area contributed by atoms with Crippen molar-refractivity contribution in [3.05, 3.63) is 65.6 Å². The smallest absolute Gasteiger partial charge is 0.340 e. The predicted molar refractivity (Wildman–Crippen MR) is 114 cm³/mol. The van der Waals surface area contributed by atoms with Crippen molar-refractivity contribution in [1.82, 2.24) is 0 Å². The molecular weight excluding hydrogens is 382 g/mol. The number of rotatable bonds is 6. The van der Waals surface area contributed by atoms with Crippen molar-refractivity contribution in [2.75, 3.05) is 0 Å². The first-order chi connectivity index (χ1) is 14.3. The topological polar surface area (TPSA) is 87.9 Å². The summed E-state index contributed by atoms with van der Waals surface area (Å²) in [6, 6.07) is 15.5. The summed E-state index contributed by atoms with van der Waals surface area (Å²) in [7, 11) is 0. The number of hydrogen-bond donors (Lipinski definition) is 1. The van der Waals surface area contributed by atoms with Gasteiger partial charge < -0.3 is 19.9 Å². The van der Waals surface area contributed by atoms with Gasteiger partial charge in [0.25, 0.3) is 0 Å². The Morgan fingerprint density at radius 1 is 0.967 bits per heavy atom. The minimum Gasteiger partial charge on any atom is -0.463 e. The van der Waals surface area contributed by atoms with Crippen LogP contribution in [-0.2, 0) is 19.1 Å². The Morgan fingerprint density at radius 3 is 2.27 bits per heavy atom. The highest BCUT2D eigenvalue weighted by Gasteiger charge is 2.36. The van der Waals surface area contributed by atoms with Crippen LogP contribution >= 0.6 is 0 Å². The van der Waals surface area contributed by atoms with Crippen LogP contribution in [0.1, 0.15) is 45.6 Å². The van der Waals surface area contributed by atoms with E-state index in [2.05, 4.69) is 0 Å². The second-order valence-corrected chi connectivity index (χ2v) is 7.75. The van der Waals surface area contributed by atoms with E-state index in [1.165, 1.54) is 0 Å². The summed E-state index contributed by atoms with van der Waals surface area (Å²) in [5.41, 5.74) is 8.88. The number of carbonyl (C=O) groups excluding carboxylic acids is 2. The second-order valence-electron chi connectivity index (χ2n) is 7.75. The summed E-state index contributed by atoms with van der Waals surface area (Å²) in [6.45, 7) is 7.06. The third-order valence-corrected chi connectivity index (χ3v) is 4.63. The number of esters is 2. The first-order valence-electron chi connectivity index (χ1n) is 10.0. The molecule has 0 fully saturated rings. The van der Waals surface area contributed by atoms with Gasteiger partial charge in [-0.1, -0.05) is 36.4 Å². The summed E-state index contributed by atoms with van der Waals surface area (Å²) in [5.74, 6) is -1.19. The zero-order chi connectivity index (χ0) is 21.8. The van der Waals surface area contributed by atoms with Gasteiger partial charge in [-0.15, -0.1) is 0 Å². The zero-order valence-corrected chi connectivity index (χ0v) is 17.7. The average Bonchev–Trinajstić information content (AvgIpc) is 2.67. The summed E-state index contributed by atoms with van der Waals surface area (Å²) < 4.78 is 16.4. The standard InChI is InChI=1S/C24H27NO5/c1-14(2)28-21(26)13-19-18-12-17(16-8-6-5-7-9-16)10-11-20(18)30-23(25)22(19)24(27)29-15(3)4/h5-12,14-15,19H,13,25H2,1-4H3. The van der Waals surface area contributed by atoms with Gasteiger partial charge in [-0.05, 0) is 51.0 Å². The van der Waals surface area contributed by atoms with Crippen molar-refractivity contribution in [2.45, 2.75) is 52.2 Å². The van der Waals surface area contributed by atoms with Crippen LogP contribution < -0.4 is 10.5 Å². The summed E-state index contributed by atoms with van der Waals surface area (Å²) in [5, 5.41) is 0. The van der Waals surface area contributed by atoms with E-state index in [0.717, 1.165) is 11.1 Å². The molecule has 0 aliphatic carbocycles. The van der Waals surface area contributed by atoms with Gasteiger partial charge in [-0.25, -0.2) is 4.79 Å². The molecule has 0 saturated carbocycles. The summed E-state index contributed by atoms with van der Waals surface area (Å²) >= 11 is 0. The lowest BCUT2D eigenvalue weighted by Gasteiger charge is -2.28. The molecule has 2 aromatic rings. The average molecular weight is 409 g/mol. The maximum atomic E-state index is 12.8. The number of hydrogen-bond acceptors (Lipinski definition) is 6. The molecule has 0 radical (unpaired) electrons. The molecule has 6 heteroatoms. The van der Waals surface area contributed by atoms with E-state index in [0.29, 0.717) is 11.3 Å². The molecule has 158 valence electrons. The molecule has 0 saturated heterocycles. The highest BCUT2D eigenvalue weighted by atomic mass is 16.5. The fourth-order valence-corrected chi connectivity index (χ4v) is 3.43. The van der Waals surface area contributed by atoms with Crippen molar-refractivity contribution in [3.8, 4) is 16.9 Å². The number of carbonyl (C=O) groups is 2. The molecule has 1 aliphatic rings. The first-order valence-corrected chi connectivity index (χ1v) is 10.0. The highest BCUT2D eigenvalue weighted by Crippen LogP contribution is 2.42. The van der Waals surface area contributed by atoms with E-state index >= 15 is 0 Å². The molecular formula is C24H27NO5. The molecule has 3 rings (SSSR count). The van der Waals surface area contributed by atoms with E-state index < -0.39 is 17.9 Å². The van der Waals surface area contributed by atoms with Gasteiger partial charge >= 0.3 is 11.9 Å². The van der Waals surface area contributed by atoms with Crippen LogP contribution in [0.15, 0.2) is 60.0 Å². The monoisotopic (exact) mass is 409 g/mol. The van der Waals surface area contributed by atoms with Crippen molar-refractivity contribution in [3.63, 3.8) is 0 Å². The number of fused-ring (bicyclic) bond motifs is 1. The van der Waals surface area contributed by atoms with E-state index in [-0.39, 0.29) is 30.1 Å². The molecule has 6 nitrogen and oxygen atoms in total. The molecule has 0 aromatic heterocycles. The van der Waals surface area contributed by atoms with Crippen LogP contribution in [0.25, 0.3) is 11.1 Å². The molecule has 30 heavy (non-hydrogen) atoms. The predicted octanol–water partition coefficient (Wildman–Crippen LogP) is 4.29. The zero-order valence-electron chi connectivity index (χ0n) is 17.7. The minimum absolute atomic E-state index is 0.0456. The Labute approximate surface area is 176 Å². The van der Waals surface area contributed by atoms with Crippen molar-refractivity contribution < 1.29 is 23.8 Å². The van der Waals surface area contributed by atoms with Gasteiger partial charge in [0.2, 0.25) is 5.88 Å². The Bertz CT molecular complexity index is 963. The van der Waals surface area contributed by atoms with Gasteiger partial charge in [-0.3, -0.25) is 4.79 Å².